The minimum atomic E-state index is -0.105. The van der Waals surface area contributed by atoms with Crippen LogP contribution >= 0.6 is 0 Å². The van der Waals surface area contributed by atoms with Gasteiger partial charge in [0.1, 0.15) is 5.82 Å². The summed E-state index contributed by atoms with van der Waals surface area (Å²) >= 11 is 0. The monoisotopic (exact) mass is 163 g/mol. The number of aromatic nitrogens is 3. The van der Waals surface area contributed by atoms with Crippen LogP contribution in [0.15, 0.2) is 10.9 Å². The fourth-order valence-corrected chi connectivity index (χ4v) is 1.29. The van der Waals surface area contributed by atoms with E-state index in [1.807, 2.05) is 13.8 Å². The van der Waals surface area contributed by atoms with Crippen LogP contribution in [0.5, 0.6) is 0 Å². The molecule has 0 spiro atoms. The maximum absolute atomic E-state index is 11.0. The Hall–Kier alpha value is -1.58. The standard InChI is InChI=1S/C8H9N3O/c1-4-3-6(12)11-8-7(4)9-5(2)10-8/h3H,1-2H3,(H2,9,10,11,12). The first-order chi connectivity index (χ1) is 5.66. The maximum atomic E-state index is 11.0. The zero-order valence-corrected chi connectivity index (χ0v) is 6.93. The lowest BCUT2D eigenvalue weighted by molar-refractivity contribution is 1.15. The Morgan fingerprint density at radius 3 is 2.83 bits per heavy atom. The number of nitrogens with one attached hydrogen (secondary N) is 2. The number of imidazole rings is 1. The molecule has 0 atom stereocenters. The zero-order chi connectivity index (χ0) is 8.72. The maximum Gasteiger partial charge on any atom is 0.249 e. The summed E-state index contributed by atoms with van der Waals surface area (Å²) in [5.74, 6) is 0.815. The number of hydrogen-bond acceptors (Lipinski definition) is 2. The van der Waals surface area contributed by atoms with Crippen molar-refractivity contribution in [1.82, 2.24) is 15.0 Å². The van der Waals surface area contributed by atoms with E-state index in [-0.39, 0.29) is 5.56 Å². The lowest BCUT2D eigenvalue weighted by atomic mass is 10.3. The number of aryl methyl sites for hydroxylation is 2. The van der Waals surface area contributed by atoms with Crippen LogP contribution in [0.1, 0.15) is 11.4 Å². The molecule has 0 aromatic carbocycles. The molecular weight excluding hydrogens is 154 g/mol. The highest BCUT2D eigenvalue weighted by Crippen LogP contribution is 2.09. The van der Waals surface area contributed by atoms with E-state index >= 15 is 0 Å². The molecule has 0 aliphatic carbocycles. The minimum absolute atomic E-state index is 0.105. The zero-order valence-electron chi connectivity index (χ0n) is 6.93. The van der Waals surface area contributed by atoms with Crippen molar-refractivity contribution in [2.24, 2.45) is 0 Å². The molecule has 4 heteroatoms. The van der Waals surface area contributed by atoms with E-state index in [1.165, 1.54) is 0 Å². The summed E-state index contributed by atoms with van der Waals surface area (Å²) in [6.07, 6.45) is 0. The Morgan fingerprint density at radius 1 is 1.33 bits per heavy atom. The molecule has 0 unspecified atom stereocenters. The molecule has 2 heterocycles. The molecule has 0 aliphatic rings. The molecule has 0 aliphatic heterocycles. The van der Waals surface area contributed by atoms with Gasteiger partial charge in [0.2, 0.25) is 5.56 Å². The van der Waals surface area contributed by atoms with Crippen LogP contribution < -0.4 is 5.56 Å². The average molecular weight is 163 g/mol. The van der Waals surface area contributed by atoms with Crippen molar-refractivity contribution >= 4 is 11.2 Å². The van der Waals surface area contributed by atoms with Gasteiger partial charge in [0.25, 0.3) is 0 Å². The lowest BCUT2D eigenvalue weighted by Gasteiger charge is -1.91. The summed E-state index contributed by atoms with van der Waals surface area (Å²) in [7, 11) is 0. The summed E-state index contributed by atoms with van der Waals surface area (Å²) in [4.78, 5) is 20.9. The van der Waals surface area contributed by atoms with Crippen LogP contribution in [-0.2, 0) is 0 Å². The van der Waals surface area contributed by atoms with Crippen molar-refractivity contribution < 1.29 is 0 Å². The molecule has 0 fully saturated rings. The molecule has 0 amide bonds. The van der Waals surface area contributed by atoms with Gasteiger partial charge in [-0.3, -0.25) is 4.79 Å². The van der Waals surface area contributed by atoms with Gasteiger partial charge < -0.3 is 9.97 Å². The van der Waals surface area contributed by atoms with Crippen LogP contribution in [0.2, 0.25) is 0 Å². The second-order valence-corrected chi connectivity index (χ2v) is 2.86. The number of hydrogen-bond donors (Lipinski definition) is 2. The fourth-order valence-electron chi connectivity index (χ4n) is 1.29. The van der Waals surface area contributed by atoms with Crippen molar-refractivity contribution in [3.05, 3.63) is 27.8 Å². The third-order valence-electron chi connectivity index (χ3n) is 1.81. The number of aromatic amines is 2. The third kappa shape index (κ3) is 0.922. The van der Waals surface area contributed by atoms with E-state index in [1.54, 1.807) is 6.07 Å². The Labute approximate surface area is 68.7 Å². The number of H-pyrrole nitrogens is 2. The first-order valence-electron chi connectivity index (χ1n) is 3.73. The number of fused-ring (bicyclic) bond motifs is 1. The van der Waals surface area contributed by atoms with Gasteiger partial charge in [0.15, 0.2) is 5.65 Å². The predicted molar refractivity (Wildman–Crippen MR) is 46.2 cm³/mol. The Morgan fingerprint density at radius 2 is 2.08 bits per heavy atom. The highest BCUT2D eigenvalue weighted by Gasteiger charge is 2.02. The van der Waals surface area contributed by atoms with Gasteiger partial charge in [-0.15, -0.1) is 0 Å². The Balaban J connectivity index is 2.97. The molecule has 2 aromatic rings. The average Bonchev–Trinajstić information content (AvgIpc) is 2.29. The molecule has 2 aromatic heterocycles. The fraction of sp³-hybridized carbons (Fsp3) is 0.250. The summed E-state index contributed by atoms with van der Waals surface area (Å²) in [6, 6.07) is 1.56. The van der Waals surface area contributed by atoms with E-state index in [4.69, 9.17) is 0 Å². The summed E-state index contributed by atoms with van der Waals surface area (Å²) in [5.41, 5.74) is 2.37. The first kappa shape index (κ1) is 7.09. The smallest absolute Gasteiger partial charge is 0.249 e. The Bertz CT molecular complexity index is 480. The van der Waals surface area contributed by atoms with E-state index in [0.29, 0.717) is 5.65 Å². The van der Waals surface area contributed by atoms with E-state index in [0.717, 1.165) is 16.9 Å². The highest BCUT2D eigenvalue weighted by atomic mass is 16.1. The summed E-state index contributed by atoms with van der Waals surface area (Å²) < 4.78 is 0. The first-order valence-corrected chi connectivity index (χ1v) is 3.73. The van der Waals surface area contributed by atoms with Crippen molar-refractivity contribution in [2.75, 3.05) is 0 Å². The van der Waals surface area contributed by atoms with Gasteiger partial charge in [0, 0.05) is 6.07 Å². The molecule has 0 radical (unpaired) electrons. The van der Waals surface area contributed by atoms with Gasteiger partial charge >= 0.3 is 0 Å². The number of nitrogens with zero attached hydrogens (tertiary/aromatic N) is 1. The van der Waals surface area contributed by atoms with Crippen LogP contribution in [-0.4, -0.2) is 15.0 Å². The molecule has 0 saturated carbocycles. The Kier molecular flexibility index (Phi) is 1.30. The molecule has 0 saturated heterocycles. The second kappa shape index (κ2) is 2.20. The van der Waals surface area contributed by atoms with Crippen molar-refractivity contribution in [1.29, 1.82) is 0 Å². The van der Waals surface area contributed by atoms with E-state index in [9.17, 15) is 4.79 Å². The molecular formula is C8H9N3O. The van der Waals surface area contributed by atoms with Gasteiger partial charge in [-0.25, -0.2) is 4.98 Å². The molecule has 62 valence electrons. The number of pyridine rings is 1. The van der Waals surface area contributed by atoms with Crippen molar-refractivity contribution in [3.8, 4) is 0 Å². The summed E-state index contributed by atoms with van der Waals surface area (Å²) in [5, 5.41) is 0. The number of rotatable bonds is 0. The predicted octanol–water partition coefficient (Wildman–Crippen LogP) is 0.868. The minimum Gasteiger partial charge on any atom is -0.341 e. The normalized spacial score (nSPS) is 10.8. The van der Waals surface area contributed by atoms with Crippen LogP contribution in [0.4, 0.5) is 0 Å². The molecule has 2 N–H and O–H groups in total. The van der Waals surface area contributed by atoms with Crippen LogP contribution in [0.25, 0.3) is 11.2 Å². The van der Waals surface area contributed by atoms with Gasteiger partial charge in [-0.1, -0.05) is 0 Å². The third-order valence-corrected chi connectivity index (χ3v) is 1.81. The van der Waals surface area contributed by atoms with Crippen molar-refractivity contribution in [3.63, 3.8) is 0 Å². The van der Waals surface area contributed by atoms with Gasteiger partial charge in [-0.05, 0) is 19.4 Å². The topological polar surface area (TPSA) is 61.5 Å². The van der Waals surface area contributed by atoms with E-state index in [2.05, 4.69) is 15.0 Å². The summed E-state index contributed by atoms with van der Waals surface area (Å²) in [6.45, 7) is 3.74. The highest BCUT2D eigenvalue weighted by molar-refractivity contribution is 5.73. The van der Waals surface area contributed by atoms with Crippen LogP contribution in [0, 0.1) is 13.8 Å². The van der Waals surface area contributed by atoms with Crippen molar-refractivity contribution in [2.45, 2.75) is 13.8 Å². The SMILES string of the molecule is Cc1nc2[nH]c(=O)cc(C)c2[nH]1. The van der Waals surface area contributed by atoms with E-state index < -0.39 is 0 Å². The molecule has 12 heavy (non-hydrogen) atoms. The van der Waals surface area contributed by atoms with Crippen LogP contribution in [0.3, 0.4) is 0 Å². The largest absolute Gasteiger partial charge is 0.341 e. The molecule has 0 bridgehead atoms. The molecule has 4 nitrogen and oxygen atoms in total. The van der Waals surface area contributed by atoms with Gasteiger partial charge in [0.05, 0.1) is 5.52 Å². The molecule has 2 rings (SSSR count). The van der Waals surface area contributed by atoms with Gasteiger partial charge in [-0.2, -0.15) is 0 Å². The second-order valence-electron chi connectivity index (χ2n) is 2.86. The lowest BCUT2D eigenvalue weighted by Crippen LogP contribution is -2.04. The quantitative estimate of drug-likeness (QED) is 0.605.